The number of esters is 1. The molecule has 4 nitrogen and oxygen atoms in total. The summed E-state index contributed by atoms with van der Waals surface area (Å²) in [6.45, 7) is 0.758. The van der Waals surface area contributed by atoms with Crippen molar-refractivity contribution in [1.82, 2.24) is 0 Å². The second-order valence-corrected chi connectivity index (χ2v) is 4.74. The Bertz CT molecular complexity index is 590. The van der Waals surface area contributed by atoms with E-state index >= 15 is 0 Å². The van der Waals surface area contributed by atoms with Gasteiger partial charge in [0, 0.05) is 19.3 Å². The summed E-state index contributed by atoms with van der Waals surface area (Å²) >= 11 is 0. The predicted molar refractivity (Wildman–Crippen MR) is 82.9 cm³/mol. The Morgan fingerprint density at radius 1 is 1.00 bits per heavy atom. The summed E-state index contributed by atoms with van der Waals surface area (Å²) in [5.41, 5.74) is 2.79. The average Bonchev–Trinajstić information content (AvgIpc) is 2.55. The van der Waals surface area contributed by atoms with E-state index < -0.39 is 0 Å². The molecule has 2 aromatic rings. The number of rotatable bonds is 5. The molecular formula is C17H19NO3. The summed E-state index contributed by atoms with van der Waals surface area (Å²) in [5, 5.41) is 0. The quantitative estimate of drug-likeness (QED) is 0.791. The molecule has 0 aliphatic rings. The van der Waals surface area contributed by atoms with Crippen LogP contribution in [-0.2, 0) is 11.3 Å². The van der Waals surface area contributed by atoms with Crippen LogP contribution in [0.25, 0.3) is 0 Å². The van der Waals surface area contributed by atoms with E-state index in [1.165, 1.54) is 7.11 Å². The maximum atomic E-state index is 11.4. The molecule has 0 amide bonds. The molecule has 2 aromatic carbocycles. The zero-order valence-electron chi connectivity index (χ0n) is 12.5. The molecular weight excluding hydrogens is 266 g/mol. The Labute approximate surface area is 124 Å². The van der Waals surface area contributed by atoms with Crippen molar-refractivity contribution < 1.29 is 14.3 Å². The summed E-state index contributed by atoms with van der Waals surface area (Å²) in [6, 6.07) is 15.3. The molecule has 0 atom stereocenters. The third kappa shape index (κ3) is 3.75. The van der Waals surface area contributed by atoms with Gasteiger partial charge >= 0.3 is 5.97 Å². The van der Waals surface area contributed by atoms with E-state index in [2.05, 4.69) is 9.64 Å². The first-order chi connectivity index (χ1) is 10.1. The third-order valence-corrected chi connectivity index (χ3v) is 3.31. The molecule has 4 heteroatoms. The topological polar surface area (TPSA) is 38.8 Å². The summed E-state index contributed by atoms with van der Waals surface area (Å²) < 4.78 is 9.84. The normalized spacial score (nSPS) is 10.0. The molecule has 0 spiro atoms. The van der Waals surface area contributed by atoms with Gasteiger partial charge in [-0.05, 0) is 42.0 Å². The molecule has 0 radical (unpaired) electrons. The number of carbonyl (C=O) groups is 1. The van der Waals surface area contributed by atoms with E-state index in [0.29, 0.717) is 5.56 Å². The van der Waals surface area contributed by atoms with Gasteiger partial charge in [-0.2, -0.15) is 0 Å². The minimum Gasteiger partial charge on any atom is -0.497 e. The van der Waals surface area contributed by atoms with Gasteiger partial charge in [0.2, 0.25) is 0 Å². The van der Waals surface area contributed by atoms with Crippen molar-refractivity contribution >= 4 is 11.7 Å². The maximum Gasteiger partial charge on any atom is 0.337 e. The number of carbonyl (C=O) groups excluding carboxylic acids is 1. The van der Waals surface area contributed by atoms with Crippen LogP contribution in [0.3, 0.4) is 0 Å². The predicted octanol–water partition coefficient (Wildman–Crippen LogP) is 3.12. The Balaban J connectivity index is 2.04. The SMILES string of the molecule is COC(=O)c1ccc(CN(C)c2ccc(OC)cc2)cc1. The number of hydrogen-bond acceptors (Lipinski definition) is 4. The highest BCUT2D eigenvalue weighted by Crippen LogP contribution is 2.20. The summed E-state index contributed by atoms with van der Waals surface area (Å²) in [5.74, 6) is 0.527. The zero-order valence-corrected chi connectivity index (χ0v) is 12.5. The van der Waals surface area contributed by atoms with Gasteiger partial charge < -0.3 is 14.4 Å². The fourth-order valence-corrected chi connectivity index (χ4v) is 2.07. The number of anilines is 1. The van der Waals surface area contributed by atoms with Crippen LogP contribution in [0.5, 0.6) is 5.75 Å². The van der Waals surface area contributed by atoms with E-state index in [-0.39, 0.29) is 5.97 Å². The van der Waals surface area contributed by atoms with E-state index in [0.717, 1.165) is 23.5 Å². The summed E-state index contributed by atoms with van der Waals surface area (Å²) in [6.07, 6.45) is 0. The molecule has 0 saturated heterocycles. The van der Waals surface area contributed by atoms with Crippen LogP contribution in [-0.4, -0.2) is 27.2 Å². The smallest absolute Gasteiger partial charge is 0.337 e. The van der Waals surface area contributed by atoms with Crippen molar-refractivity contribution in [2.45, 2.75) is 6.54 Å². The van der Waals surface area contributed by atoms with Gasteiger partial charge in [-0.3, -0.25) is 0 Å². The van der Waals surface area contributed by atoms with Gasteiger partial charge in [-0.15, -0.1) is 0 Å². The molecule has 0 aliphatic heterocycles. The van der Waals surface area contributed by atoms with E-state index in [4.69, 9.17) is 4.74 Å². The third-order valence-electron chi connectivity index (χ3n) is 3.31. The number of nitrogens with zero attached hydrogens (tertiary/aromatic N) is 1. The van der Waals surface area contributed by atoms with Crippen molar-refractivity contribution in [1.29, 1.82) is 0 Å². The van der Waals surface area contributed by atoms with Gasteiger partial charge in [0.1, 0.15) is 5.75 Å². The van der Waals surface area contributed by atoms with Crippen molar-refractivity contribution in [2.24, 2.45) is 0 Å². The van der Waals surface area contributed by atoms with Crippen molar-refractivity contribution in [3.05, 3.63) is 59.7 Å². The number of benzene rings is 2. The largest absolute Gasteiger partial charge is 0.497 e. The number of hydrogen-bond donors (Lipinski definition) is 0. The summed E-state index contributed by atoms with van der Waals surface area (Å²) in [7, 11) is 5.06. The van der Waals surface area contributed by atoms with Gasteiger partial charge in [0.05, 0.1) is 19.8 Å². The van der Waals surface area contributed by atoms with E-state index in [1.807, 2.05) is 43.4 Å². The molecule has 0 N–H and O–H groups in total. The first kappa shape index (κ1) is 14.9. The highest BCUT2D eigenvalue weighted by molar-refractivity contribution is 5.89. The van der Waals surface area contributed by atoms with Crippen LogP contribution in [0.15, 0.2) is 48.5 Å². The lowest BCUT2D eigenvalue weighted by atomic mass is 10.1. The molecule has 0 unspecified atom stereocenters. The van der Waals surface area contributed by atoms with Crippen LogP contribution >= 0.6 is 0 Å². The monoisotopic (exact) mass is 285 g/mol. The maximum absolute atomic E-state index is 11.4. The zero-order chi connectivity index (χ0) is 15.2. The van der Waals surface area contributed by atoms with Gasteiger partial charge in [-0.25, -0.2) is 4.79 Å². The Kier molecular flexibility index (Phi) is 4.82. The molecule has 0 bridgehead atoms. The molecule has 2 rings (SSSR count). The van der Waals surface area contributed by atoms with Gasteiger partial charge in [0.25, 0.3) is 0 Å². The van der Waals surface area contributed by atoms with Crippen LogP contribution in [0.2, 0.25) is 0 Å². The molecule has 0 heterocycles. The Hall–Kier alpha value is -2.49. The molecule has 21 heavy (non-hydrogen) atoms. The highest BCUT2D eigenvalue weighted by Gasteiger charge is 2.06. The number of ether oxygens (including phenoxy) is 2. The first-order valence-electron chi connectivity index (χ1n) is 6.66. The Morgan fingerprint density at radius 2 is 1.62 bits per heavy atom. The van der Waals surface area contributed by atoms with E-state index in [1.54, 1.807) is 19.2 Å². The highest BCUT2D eigenvalue weighted by atomic mass is 16.5. The lowest BCUT2D eigenvalue weighted by Crippen LogP contribution is -2.16. The second kappa shape index (κ2) is 6.79. The van der Waals surface area contributed by atoms with Crippen molar-refractivity contribution in [2.75, 3.05) is 26.2 Å². The van der Waals surface area contributed by atoms with Gasteiger partial charge in [0.15, 0.2) is 0 Å². The minimum atomic E-state index is -0.315. The van der Waals surface area contributed by atoms with Crippen LogP contribution in [0.1, 0.15) is 15.9 Å². The van der Waals surface area contributed by atoms with Crippen LogP contribution < -0.4 is 9.64 Å². The van der Waals surface area contributed by atoms with Crippen molar-refractivity contribution in [3.63, 3.8) is 0 Å². The fourth-order valence-electron chi connectivity index (χ4n) is 2.07. The van der Waals surface area contributed by atoms with E-state index in [9.17, 15) is 4.79 Å². The molecule has 0 aliphatic carbocycles. The first-order valence-corrected chi connectivity index (χ1v) is 6.66. The average molecular weight is 285 g/mol. The minimum absolute atomic E-state index is 0.315. The lowest BCUT2D eigenvalue weighted by molar-refractivity contribution is 0.0600. The van der Waals surface area contributed by atoms with Crippen LogP contribution in [0.4, 0.5) is 5.69 Å². The Morgan fingerprint density at radius 3 is 2.14 bits per heavy atom. The lowest BCUT2D eigenvalue weighted by Gasteiger charge is -2.19. The van der Waals surface area contributed by atoms with Crippen molar-refractivity contribution in [3.8, 4) is 5.75 Å². The molecule has 0 fully saturated rings. The van der Waals surface area contributed by atoms with Crippen LogP contribution in [0, 0.1) is 0 Å². The van der Waals surface area contributed by atoms with Gasteiger partial charge in [-0.1, -0.05) is 12.1 Å². The second-order valence-electron chi connectivity index (χ2n) is 4.74. The molecule has 0 saturated carbocycles. The fraction of sp³-hybridized carbons (Fsp3) is 0.235. The molecule has 110 valence electrons. The standard InChI is InChI=1S/C17H19NO3/c1-18(15-8-10-16(20-2)11-9-15)12-13-4-6-14(7-5-13)17(19)21-3/h4-11H,12H2,1-3H3. The molecule has 0 aromatic heterocycles. The number of methoxy groups -OCH3 is 2. The summed E-state index contributed by atoms with van der Waals surface area (Å²) in [4.78, 5) is 13.5.